The Bertz CT molecular complexity index is 559. The van der Waals surface area contributed by atoms with Crippen molar-refractivity contribution in [2.45, 2.75) is 32.6 Å². The third-order valence-electron chi connectivity index (χ3n) is 4.53. The number of nitrogens with zero attached hydrogens (tertiary/aromatic N) is 2. The average molecular weight is 301 g/mol. The van der Waals surface area contributed by atoms with Gasteiger partial charge in [0, 0.05) is 11.2 Å². The number of nitriles is 2. The fourth-order valence-electron chi connectivity index (χ4n) is 3.28. The lowest BCUT2D eigenvalue weighted by Gasteiger charge is -2.44. The third kappa shape index (κ3) is 2.71. The van der Waals surface area contributed by atoms with Gasteiger partial charge in [-0.2, -0.15) is 10.5 Å². The average Bonchev–Trinajstić information content (AvgIpc) is 2.48. The highest BCUT2D eigenvalue weighted by molar-refractivity contribution is 8.03. The number of rotatable bonds is 3. The van der Waals surface area contributed by atoms with Crippen molar-refractivity contribution in [3.63, 3.8) is 0 Å². The standard InChI is InChI=1S/C16H19N3OS/c1-3-8-21-15-13(10-18)16(6-4-11(2)5-7-16)12(9-17)14(20)19-15/h3,11-12H,1,4-8H2,2H3,(H,19,20)/t11?,12-,16?/m0/s1. The van der Waals surface area contributed by atoms with E-state index in [1.54, 1.807) is 6.08 Å². The number of nitrogens with one attached hydrogen (secondary N) is 1. The van der Waals surface area contributed by atoms with Gasteiger partial charge in [-0.25, -0.2) is 0 Å². The van der Waals surface area contributed by atoms with Crippen LogP contribution in [-0.2, 0) is 4.79 Å². The van der Waals surface area contributed by atoms with Gasteiger partial charge < -0.3 is 5.32 Å². The van der Waals surface area contributed by atoms with Gasteiger partial charge in [0.2, 0.25) is 5.91 Å². The second-order valence-electron chi connectivity index (χ2n) is 5.81. The Labute approximate surface area is 129 Å². The summed E-state index contributed by atoms with van der Waals surface area (Å²) in [6, 6.07) is 4.43. The molecule has 0 radical (unpaired) electrons. The van der Waals surface area contributed by atoms with Crippen molar-refractivity contribution in [3.05, 3.63) is 23.3 Å². The first-order valence-electron chi connectivity index (χ1n) is 7.18. The molecule has 1 spiro atoms. The lowest BCUT2D eigenvalue weighted by molar-refractivity contribution is -0.127. The minimum atomic E-state index is -0.757. The van der Waals surface area contributed by atoms with Crippen LogP contribution < -0.4 is 5.32 Å². The van der Waals surface area contributed by atoms with Crippen LogP contribution >= 0.6 is 11.8 Å². The molecule has 0 saturated heterocycles. The minimum Gasteiger partial charge on any atom is -0.319 e. The molecule has 1 aliphatic carbocycles. The maximum Gasteiger partial charge on any atom is 0.243 e. The van der Waals surface area contributed by atoms with E-state index in [-0.39, 0.29) is 5.91 Å². The Hall–Kier alpha value is -1.72. The minimum absolute atomic E-state index is 0.266. The lowest BCUT2D eigenvalue weighted by Crippen LogP contribution is -2.49. The summed E-state index contributed by atoms with van der Waals surface area (Å²) in [6.07, 6.45) is 5.12. The maximum absolute atomic E-state index is 12.3. The summed E-state index contributed by atoms with van der Waals surface area (Å²) in [4.78, 5) is 12.3. The summed E-state index contributed by atoms with van der Waals surface area (Å²) < 4.78 is 0. The first-order chi connectivity index (χ1) is 10.1. The zero-order valence-electron chi connectivity index (χ0n) is 12.2. The fraction of sp³-hybridized carbons (Fsp3) is 0.562. The van der Waals surface area contributed by atoms with Crippen LogP contribution in [0, 0.1) is 39.9 Å². The van der Waals surface area contributed by atoms with Crippen LogP contribution in [0.2, 0.25) is 0 Å². The van der Waals surface area contributed by atoms with Crippen LogP contribution in [0.15, 0.2) is 23.3 Å². The summed E-state index contributed by atoms with van der Waals surface area (Å²) in [7, 11) is 0. The van der Waals surface area contributed by atoms with Crippen molar-refractivity contribution >= 4 is 17.7 Å². The first-order valence-corrected chi connectivity index (χ1v) is 8.16. The predicted octanol–water partition coefficient (Wildman–Crippen LogP) is 3.11. The number of hydrogen-bond acceptors (Lipinski definition) is 4. The molecular formula is C16H19N3OS. The van der Waals surface area contributed by atoms with Crippen molar-refractivity contribution in [1.82, 2.24) is 5.32 Å². The topological polar surface area (TPSA) is 76.7 Å². The molecule has 1 heterocycles. The summed E-state index contributed by atoms with van der Waals surface area (Å²) in [5.41, 5.74) is -0.00521. The predicted molar refractivity (Wildman–Crippen MR) is 82.6 cm³/mol. The van der Waals surface area contributed by atoms with Gasteiger partial charge in [-0.3, -0.25) is 4.79 Å². The molecule has 1 atom stereocenters. The lowest BCUT2D eigenvalue weighted by atomic mass is 9.59. The highest BCUT2D eigenvalue weighted by Crippen LogP contribution is 2.52. The number of carbonyl (C=O) groups excluding carboxylic acids is 1. The van der Waals surface area contributed by atoms with Gasteiger partial charge in [0.1, 0.15) is 5.92 Å². The molecule has 110 valence electrons. The molecule has 0 bridgehead atoms. The van der Waals surface area contributed by atoms with Crippen LogP contribution in [0.1, 0.15) is 32.6 Å². The number of allylic oxidation sites excluding steroid dienone is 1. The monoisotopic (exact) mass is 301 g/mol. The van der Waals surface area contributed by atoms with Crippen molar-refractivity contribution in [1.29, 1.82) is 10.5 Å². The molecule has 4 nitrogen and oxygen atoms in total. The smallest absolute Gasteiger partial charge is 0.243 e. The van der Waals surface area contributed by atoms with Gasteiger partial charge in [-0.15, -0.1) is 18.3 Å². The van der Waals surface area contributed by atoms with Crippen LogP contribution in [0.25, 0.3) is 0 Å². The Balaban J connectivity index is 2.49. The molecule has 21 heavy (non-hydrogen) atoms. The molecule has 0 aromatic heterocycles. The molecule has 0 aromatic carbocycles. The van der Waals surface area contributed by atoms with Crippen LogP contribution in [0.4, 0.5) is 0 Å². The summed E-state index contributed by atoms with van der Waals surface area (Å²) in [5, 5.41) is 22.5. The van der Waals surface area contributed by atoms with Gasteiger partial charge in [0.05, 0.1) is 22.7 Å². The fourth-order valence-corrected chi connectivity index (χ4v) is 4.13. The summed E-state index contributed by atoms with van der Waals surface area (Å²) in [6.45, 7) is 5.85. The number of amides is 1. The number of thioether (sulfide) groups is 1. The summed E-state index contributed by atoms with van der Waals surface area (Å²) in [5.74, 6) is 0.194. The van der Waals surface area contributed by atoms with Crippen molar-refractivity contribution in [2.75, 3.05) is 5.75 Å². The highest BCUT2D eigenvalue weighted by Gasteiger charge is 2.52. The van der Waals surface area contributed by atoms with E-state index < -0.39 is 11.3 Å². The molecule has 0 unspecified atom stereocenters. The molecular weight excluding hydrogens is 282 g/mol. The van der Waals surface area contributed by atoms with E-state index in [1.807, 2.05) is 0 Å². The van der Waals surface area contributed by atoms with Gasteiger partial charge in [0.15, 0.2) is 0 Å². The van der Waals surface area contributed by atoms with Gasteiger partial charge in [0.25, 0.3) is 0 Å². The molecule has 1 amide bonds. The van der Waals surface area contributed by atoms with E-state index in [1.165, 1.54) is 11.8 Å². The molecule has 1 saturated carbocycles. The van der Waals surface area contributed by atoms with Gasteiger partial charge >= 0.3 is 0 Å². The third-order valence-corrected chi connectivity index (χ3v) is 5.53. The van der Waals surface area contributed by atoms with E-state index >= 15 is 0 Å². The van der Waals surface area contributed by atoms with E-state index in [4.69, 9.17) is 0 Å². The molecule has 1 N–H and O–H groups in total. The summed E-state index contributed by atoms with van der Waals surface area (Å²) >= 11 is 1.41. The van der Waals surface area contributed by atoms with Crippen molar-refractivity contribution in [2.24, 2.45) is 17.3 Å². The quantitative estimate of drug-likeness (QED) is 0.813. The highest BCUT2D eigenvalue weighted by atomic mass is 32.2. The maximum atomic E-state index is 12.3. The van der Waals surface area contributed by atoms with Crippen molar-refractivity contribution in [3.8, 4) is 12.1 Å². The molecule has 2 aliphatic rings. The van der Waals surface area contributed by atoms with E-state index in [0.717, 1.165) is 25.7 Å². The molecule has 1 aliphatic heterocycles. The molecule has 1 fully saturated rings. The molecule has 0 aromatic rings. The second kappa shape index (κ2) is 6.37. The second-order valence-corrected chi connectivity index (χ2v) is 6.84. The Morgan fingerprint density at radius 3 is 2.67 bits per heavy atom. The number of carbonyl (C=O) groups is 1. The Morgan fingerprint density at radius 2 is 2.14 bits per heavy atom. The first kappa shape index (κ1) is 15.7. The van der Waals surface area contributed by atoms with E-state index in [9.17, 15) is 15.3 Å². The van der Waals surface area contributed by atoms with Gasteiger partial charge in [-0.05, 0) is 31.6 Å². The van der Waals surface area contributed by atoms with Gasteiger partial charge in [-0.1, -0.05) is 13.0 Å². The van der Waals surface area contributed by atoms with Crippen LogP contribution in [0.5, 0.6) is 0 Å². The van der Waals surface area contributed by atoms with E-state index in [2.05, 4.69) is 31.0 Å². The zero-order valence-corrected chi connectivity index (χ0v) is 13.0. The van der Waals surface area contributed by atoms with Crippen LogP contribution in [-0.4, -0.2) is 11.7 Å². The SMILES string of the molecule is C=CCSC1=C(C#N)C2(CCC(C)CC2)[C@@H](C#N)C(=O)N1. The Kier molecular flexibility index (Phi) is 4.75. The zero-order chi connectivity index (χ0) is 15.5. The van der Waals surface area contributed by atoms with Crippen LogP contribution in [0.3, 0.4) is 0 Å². The number of hydrogen-bond donors (Lipinski definition) is 1. The molecule has 5 heteroatoms. The molecule has 2 rings (SSSR count). The normalized spacial score (nSPS) is 32.2. The van der Waals surface area contributed by atoms with E-state index in [0.29, 0.717) is 22.3 Å². The Morgan fingerprint density at radius 1 is 1.48 bits per heavy atom. The largest absolute Gasteiger partial charge is 0.319 e. The van der Waals surface area contributed by atoms with Crippen molar-refractivity contribution < 1.29 is 4.79 Å².